The molecule has 1 aromatic heterocycles. The maximum Gasteiger partial charge on any atom is 0.321 e. The van der Waals surface area contributed by atoms with Gasteiger partial charge in [-0.25, -0.2) is 4.79 Å². The number of nitrogens with zero attached hydrogens (tertiary/aromatic N) is 1. The summed E-state index contributed by atoms with van der Waals surface area (Å²) in [6, 6.07) is 13.7. The summed E-state index contributed by atoms with van der Waals surface area (Å²) in [5.41, 5.74) is 2.42. The summed E-state index contributed by atoms with van der Waals surface area (Å²) in [6.45, 7) is 2.40. The molecule has 0 atom stereocenters. The molecular weight excluding hydrogens is 278 g/mol. The molecule has 0 unspecified atom stereocenters. The highest BCUT2D eigenvalue weighted by Crippen LogP contribution is 2.06. The molecule has 0 spiro atoms. The molecule has 0 radical (unpaired) electrons. The van der Waals surface area contributed by atoms with Gasteiger partial charge >= 0.3 is 6.03 Å². The van der Waals surface area contributed by atoms with Crippen molar-refractivity contribution < 1.29 is 14.2 Å². The SMILES string of the molecule is CCNC(=O)NC(=O)C[n+]1ccc(Cc2ccccc2)cc1. The summed E-state index contributed by atoms with van der Waals surface area (Å²) in [6.07, 6.45) is 4.54. The van der Waals surface area contributed by atoms with Crippen molar-refractivity contribution in [1.29, 1.82) is 0 Å². The molecule has 0 aliphatic carbocycles. The third-order valence-electron chi connectivity index (χ3n) is 3.13. The van der Waals surface area contributed by atoms with Crippen LogP contribution in [0, 0.1) is 0 Å². The van der Waals surface area contributed by atoms with Crippen molar-refractivity contribution in [3.05, 3.63) is 66.0 Å². The first-order valence-electron chi connectivity index (χ1n) is 7.27. The Kier molecular flexibility index (Phi) is 5.65. The van der Waals surface area contributed by atoms with Crippen LogP contribution in [-0.4, -0.2) is 18.5 Å². The zero-order valence-corrected chi connectivity index (χ0v) is 12.6. The number of rotatable bonds is 5. The highest BCUT2D eigenvalue weighted by Gasteiger charge is 2.12. The van der Waals surface area contributed by atoms with Crippen LogP contribution in [0.2, 0.25) is 0 Å². The number of pyridine rings is 1. The number of carbonyl (C=O) groups is 2. The molecule has 0 saturated heterocycles. The van der Waals surface area contributed by atoms with E-state index in [0.29, 0.717) is 6.54 Å². The topological polar surface area (TPSA) is 62.1 Å². The molecule has 0 aliphatic heterocycles. The second-order valence-corrected chi connectivity index (χ2v) is 4.95. The normalized spacial score (nSPS) is 10.0. The van der Waals surface area contributed by atoms with E-state index in [4.69, 9.17) is 0 Å². The average Bonchev–Trinajstić information content (AvgIpc) is 2.50. The first kappa shape index (κ1) is 15.7. The smallest absolute Gasteiger partial charge is 0.321 e. The predicted octanol–water partition coefficient (Wildman–Crippen LogP) is 1.41. The lowest BCUT2D eigenvalue weighted by Crippen LogP contribution is -2.47. The minimum atomic E-state index is -0.464. The molecule has 5 heteroatoms. The van der Waals surface area contributed by atoms with Crippen LogP contribution < -0.4 is 15.2 Å². The van der Waals surface area contributed by atoms with Crippen LogP contribution >= 0.6 is 0 Å². The molecule has 22 heavy (non-hydrogen) atoms. The van der Waals surface area contributed by atoms with Crippen molar-refractivity contribution in [2.45, 2.75) is 19.9 Å². The lowest BCUT2D eigenvalue weighted by molar-refractivity contribution is -0.684. The van der Waals surface area contributed by atoms with E-state index in [-0.39, 0.29) is 12.5 Å². The number of aromatic nitrogens is 1. The number of urea groups is 1. The van der Waals surface area contributed by atoms with Crippen LogP contribution in [0.5, 0.6) is 0 Å². The molecule has 0 saturated carbocycles. The van der Waals surface area contributed by atoms with Gasteiger partial charge in [0.2, 0.25) is 6.54 Å². The van der Waals surface area contributed by atoms with Gasteiger partial charge in [0.25, 0.3) is 5.91 Å². The molecule has 5 nitrogen and oxygen atoms in total. The Labute approximate surface area is 130 Å². The maximum atomic E-state index is 11.7. The van der Waals surface area contributed by atoms with Crippen molar-refractivity contribution in [2.24, 2.45) is 0 Å². The van der Waals surface area contributed by atoms with E-state index >= 15 is 0 Å². The maximum absolute atomic E-state index is 11.7. The van der Waals surface area contributed by atoms with Gasteiger partial charge in [-0.1, -0.05) is 30.3 Å². The largest absolute Gasteiger partial charge is 0.338 e. The van der Waals surface area contributed by atoms with Crippen LogP contribution in [0.1, 0.15) is 18.1 Å². The van der Waals surface area contributed by atoms with Crippen molar-refractivity contribution in [2.75, 3.05) is 6.54 Å². The third-order valence-corrected chi connectivity index (χ3v) is 3.13. The first-order chi connectivity index (χ1) is 10.7. The van der Waals surface area contributed by atoms with Gasteiger partial charge in [-0.3, -0.25) is 10.1 Å². The van der Waals surface area contributed by atoms with E-state index in [1.54, 1.807) is 11.5 Å². The molecule has 1 aromatic carbocycles. The minimum absolute atomic E-state index is 0.114. The quantitative estimate of drug-likeness (QED) is 0.820. The van der Waals surface area contributed by atoms with Crippen molar-refractivity contribution in [3.63, 3.8) is 0 Å². The zero-order valence-electron chi connectivity index (χ0n) is 12.6. The highest BCUT2D eigenvalue weighted by molar-refractivity contribution is 5.93. The van der Waals surface area contributed by atoms with Crippen molar-refractivity contribution in [3.8, 4) is 0 Å². The van der Waals surface area contributed by atoms with Gasteiger partial charge in [-0.2, -0.15) is 4.57 Å². The van der Waals surface area contributed by atoms with E-state index in [0.717, 1.165) is 6.42 Å². The molecular formula is C17H20N3O2+. The van der Waals surface area contributed by atoms with Crippen LogP contribution in [0.15, 0.2) is 54.9 Å². The van der Waals surface area contributed by atoms with Crippen molar-refractivity contribution in [1.82, 2.24) is 10.6 Å². The Morgan fingerprint density at radius 2 is 1.64 bits per heavy atom. The Balaban J connectivity index is 1.89. The molecule has 3 amide bonds. The fourth-order valence-electron chi connectivity index (χ4n) is 2.08. The number of carbonyl (C=O) groups excluding carboxylic acids is 2. The van der Waals surface area contributed by atoms with Crippen LogP contribution in [0.25, 0.3) is 0 Å². The second kappa shape index (κ2) is 7.93. The molecule has 0 aliphatic rings. The monoisotopic (exact) mass is 298 g/mol. The van der Waals surface area contributed by atoms with E-state index in [1.807, 2.05) is 42.7 Å². The van der Waals surface area contributed by atoms with E-state index < -0.39 is 6.03 Å². The zero-order chi connectivity index (χ0) is 15.8. The number of benzene rings is 1. The van der Waals surface area contributed by atoms with Gasteiger partial charge in [0.05, 0.1) is 0 Å². The summed E-state index contributed by atoms with van der Waals surface area (Å²) < 4.78 is 1.74. The van der Waals surface area contributed by atoms with Crippen molar-refractivity contribution >= 4 is 11.9 Å². The predicted molar refractivity (Wildman–Crippen MR) is 83.1 cm³/mol. The Morgan fingerprint density at radius 1 is 1.00 bits per heavy atom. The van der Waals surface area contributed by atoms with Crippen LogP contribution in [0.3, 0.4) is 0 Å². The molecule has 2 aromatic rings. The molecule has 2 rings (SSSR count). The highest BCUT2D eigenvalue weighted by atomic mass is 16.2. The number of amides is 3. The first-order valence-corrected chi connectivity index (χ1v) is 7.27. The lowest BCUT2D eigenvalue weighted by atomic mass is 10.1. The fraction of sp³-hybridized carbons (Fsp3) is 0.235. The van der Waals surface area contributed by atoms with Gasteiger partial charge in [-0.15, -0.1) is 0 Å². The molecule has 0 fully saturated rings. The standard InChI is InChI=1S/C17H19N3O2/c1-2-18-17(22)19-16(21)13-20-10-8-15(9-11-20)12-14-6-4-3-5-7-14/h3-11H,2,12-13H2,1H3,(H-,18,19,21,22)/p+1. The van der Waals surface area contributed by atoms with Gasteiger partial charge in [0, 0.05) is 18.7 Å². The van der Waals surface area contributed by atoms with Crippen LogP contribution in [-0.2, 0) is 17.8 Å². The van der Waals surface area contributed by atoms with E-state index in [1.165, 1.54) is 11.1 Å². The number of hydrogen-bond donors (Lipinski definition) is 2. The Hall–Kier alpha value is -2.69. The molecule has 1 heterocycles. The van der Waals surface area contributed by atoms with Gasteiger partial charge in [-0.05, 0) is 24.5 Å². The summed E-state index contributed by atoms with van der Waals surface area (Å²) in [5.74, 6) is -0.341. The van der Waals surface area contributed by atoms with E-state index in [2.05, 4.69) is 22.8 Å². The number of hydrogen-bond acceptors (Lipinski definition) is 2. The van der Waals surface area contributed by atoms with Gasteiger partial charge in [0.15, 0.2) is 12.4 Å². The summed E-state index contributed by atoms with van der Waals surface area (Å²) >= 11 is 0. The summed E-state index contributed by atoms with van der Waals surface area (Å²) in [5, 5.41) is 4.79. The molecule has 0 bridgehead atoms. The van der Waals surface area contributed by atoms with Crippen LogP contribution in [0.4, 0.5) is 4.79 Å². The average molecular weight is 298 g/mol. The summed E-state index contributed by atoms with van der Waals surface area (Å²) in [4.78, 5) is 22.9. The third kappa shape index (κ3) is 5.01. The van der Waals surface area contributed by atoms with E-state index in [9.17, 15) is 9.59 Å². The van der Waals surface area contributed by atoms with Gasteiger partial charge in [0.1, 0.15) is 0 Å². The Morgan fingerprint density at radius 3 is 2.27 bits per heavy atom. The number of nitrogens with one attached hydrogen (secondary N) is 2. The summed E-state index contributed by atoms with van der Waals surface area (Å²) in [7, 11) is 0. The Bertz CT molecular complexity index is 624. The van der Waals surface area contributed by atoms with Gasteiger partial charge < -0.3 is 5.32 Å². The minimum Gasteiger partial charge on any atom is -0.338 e. The lowest BCUT2D eigenvalue weighted by Gasteiger charge is -2.03. The number of imide groups is 1. The molecule has 2 N–H and O–H groups in total. The second-order valence-electron chi connectivity index (χ2n) is 4.95. The fourth-order valence-corrected chi connectivity index (χ4v) is 2.08. The molecule has 114 valence electrons.